The molecule has 1 atom stereocenters. The van der Waals surface area contributed by atoms with Crippen LogP contribution in [0.2, 0.25) is 0 Å². The first-order chi connectivity index (χ1) is 12.1. The summed E-state index contributed by atoms with van der Waals surface area (Å²) in [5, 5.41) is 12.0. The molecule has 0 heterocycles. The Morgan fingerprint density at radius 3 is 2.80 bits per heavy atom. The number of aryl methyl sites for hydroxylation is 1. The van der Waals surface area contributed by atoms with Crippen molar-refractivity contribution in [3.05, 3.63) is 64.7 Å². The van der Waals surface area contributed by atoms with E-state index in [0.29, 0.717) is 18.7 Å². The second kappa shape index (κ2) is 7.38. The highest BCUT2D eigenvalue weighted by atomic mass is 16.5. The van der Waals surface area contributed by atoms with E-state index in [0.717, 1.165) is 24.0 Å². The molecule has 2 aromatic rings. The number of aromatic carboxylic acids is 1. The van der Waals surface area contributed by atoms with Crippen molar-refractivity contribution >= 4 is 11.9 Å². The van der Waals surface area contributed by atoms with E-state index in [4.69, 9.17) is 9.84 Å². The van der Waals surface area contributed by atoms with E-state index in [-0.39, 0.29) is 17.4 Å². The van der Waals surface area contributed by atoms with Gasteiger partial charge in [0.05, 0.1) is 18.6 Å². The summed E-state index contributed by atoms with van der Waals surface area (Å²) < 4.78 is 5.26. The van der Waals surface area contributed by atoms with Gasteiger partial charge in [-0.05, 0) is 48.1 Å². The molecule has 130 valence electrons. The normalized spacial score (nSPS) is 15.5. The molecule has 0 bridgehead atoms. The van der Waals surface area contributed by atoms with Gasteiger partial charge >= 0.3 is 5.97 Å². The van der Waals surface area contributed by atoms with Crippen molar-refractivity contribution < 1.29 is 19.4 Å². The molecule has 0 saturated heterocycles. The van der Waals surface area contributed by atoms with E-state index >= 15 is 0 Å². The average Bonchev–Trinajstić information content (AvgIpc) is 3.05. The van der Waals surface area contributed by atoms with Crippen LogP contribution in [0.5, 0.6) is 5.75 Å². The number of carboxylic acids is 1. The van der Waals surface area contributed by atoms with Crippen LogP contribution in [0.15, 0.2) is 42.5 Å². The number of carbonyl (C=O) groups is 2. The van der Waals surface area contributed by atoms with Crippen LogP contribution in [0, 0.1) is 0 Å². The smallest absolute Gasteiger partial charge is 0.335 e. The van der Waals surface area contributed by atoms with Crippen LogP contribution in [0.25, 0.3) is 0 Å². The maximum atomic E-state index is 12.5. The minimum Gasteiger partial charge on any atom is -0.496 e. The van der Waals surface area contributed by atoms with E-state index in [1.807, 2.05) is 18.2 Å². The highest BCUT2D eigenvalue weighted by Crippen LogP contribution is 2.32. The fourth-order valence-corrected chi connectivity index (χ4v) is 3.36. The lowest BCUT2D eigenvalue weighted by atomic mass is 10.0. The average molecular weight is 339 g/mol. The summed E-state index contributed by atoms with van der Waals surface area (Å²) in [4.78, 5) is 23.5. The number of hydrogen-bond donors (Lipinski definition) is 2. The summed E-state index contributed by atoms with van der Waals surface area (Å²) in [7, 11) is 1.51. The number of methoxy groups -OCH3 is 1. The van der Waals surface area contributed by atoms with Crippen LogP contribution >= 0.6 is 0 Å². The molecule has 5 heteroatoms. The number of hydrogen-bond acceptors (Lipinski definition) is 3. The van der Waals surface area contributed by atoms with Crippen molar-refractivity contribution in [3.63, 3.8) is 0 Å². The van der Waals surface area contributed by atoms with Crippen molar-refractivity contribution in [2.75, 3.05) is 13.7 Å². The van der Waals surface area contributed by atoms with E-state index in [1.165, 1.54) is 18.7 Å². The topological polar surface area (TPSA) is 75.6 Å². The number of fused-ring (bicyclic) bond motifs is 1. The van der Waals surface area contributed by atoms with Gasteiger partial charge in [-0.15, -0.1) is 0 Å². The molecule has 2 aromatic carbocycles. The van der Waals surface area contributed by atoms with Crippen LogP contribution in [0.3, 0.4) is 0 Å². The number of carbonyl (C=O) groups excluding carboxylic acids is 1. The summed E-state index contributed by atoms with van der Waals surface area (Å²) >= 11 is 0. The molecule has 0 fully saturated rings. The number of benzene rings is 2. The zero-order valence-corrected chi connectivity index (χ0v) is 14.1. The Bertz CT molecular complexity index is 800. The molecular formula is C20H21NO4. The zero-order chi connectivity index (χ0) is 17.8. The molecule has 2 N–H and O–H groups in total. The monoisotopic (exact) mass is 339 g/mol. The summed E-state index contributed by atoms with van der Waals surface area (Å²) in [5.41, 5.74) is 3.45. The molecule has 3 rings (SSSR count). The van der Waals surface area contributed by atoms with Gasteiger partial charge in [0.2, 0.25) is 5.91 Å². The van der Waals surface area contributed by atoms with Gasteiger partial charge in [-0.1, -0.05) is 30.3 Å². The van der Waals surface area contributed by atoms with Gasteiger partial charge in [0, 0.05) is 6.54 Å². The molecule has 1 aliphatic rings. The Morgan fingerprint density at radius 1 is 1.24 bits per heavy atom. The predicted molar refractivity (Wildman–Crippen MR) is 94.2 cm³/mol. The molecule has 0 spiro atoms. The molecule has 0 saturated carbocycles. The first kappa shape index (κ1) is 17.0. The maximum Gasteiger partial charge on any atom is 0.335 e. The molecular weight excluding hydrogens is 318 g/mol. The minimum atomic E-state index is -0.988. The first-order valence-electron chi connectivity index (χ1n) is 8.36. The van der Waals surface area contributed by atoms with Gasteiger partial charge in [-0.3, -0.25) is 4.79 Å². The molecule has 1 aliphatic carbocycles. The number of amides is 1. The molecule has 1 amide bonds. The van der Waals surface area contributed by atoms with E-state index < -0.39 is 5.97 Å². The van der Waals surface area contributed by atoms with E-state index in [1.54, 1.807) is 12.1 Å². The number of ether oxygens (including phenoxy) is 1. The molecule has 0 radical (unpaired) electrons. The maximum absolute atomic E-state index is 12.5. The lowest BCUT2D eigenvalue weighted by molar-refractivity contribution is -0.122. The van der Waals surface area contributed by atoms with Gasteiger partial charge in [0.1, 0.15) is 5.75 Å². The van der Waals surface area contributed by atoms with Crippen LogP contribution in [-0.2, 0) is 17.6 Å². The third-order valence-corrected chi connectivity index (χ3v) is 4.68. The summed E-state index contributed by atoms with van der Waals surface area (Å²) in [5.74, 6) is -0.489. The minimum absolute atomic E-state index is 0.0473. The van der Waals surface area contributed by atoms with E-state index in [2.05, 4.69) is 11.4 Å². The van der Waals surface area contributed by atoms with E-state index in [9.17, 15) is 9.59 Å². The Labute approximate surface area is 146 Å². The Kier molecular flexibility index (Phi) is 5.03. The lowest BCUT2D eigenvalue weighted by Gasteiger charge is -2.13. The fourth-order valence-electron chi connectivity index (χ4n) is 3.36. The Morgan fingerprint density at radius 2 is 2.04 bits per heavy atom. The first-order valence-corrected chi connectivity index (χ1v) is 8.36. The van der Waals surface area contributed by atoms with Gasteiger partial charge in [-0.2, -0.15) is 0 Å². The molecule has 1 unspecified atom stereocenters. The zero-order valence-electron chi connectivity index (χ0n) is 14.1. The molecule has 0 aromatic heterocycles. The highest BCUT2D eigenvalue weighted by Gasteiger charge is 2.27. The van der Waals surface area contributed by atoms with Crippen LogP contribution < -0.4 is 10.1 Å². The second-order valence-corrected chi connectivity index (χ2v) is 6.16. The van der Waals surface area contributed by atoms with Crippen molar-refractivity contribution in [1.82, 2.24) is 5.32 Å². The summed E-state index contributed by atoms with van der Waals surface area (Å²) in [6, 6.07) is 12.9. The third-order valence-electron chi connectivity index (χ3n) is 4.68. The molecule has 0 aliphatic heterocycles. The molecule has 25 heavy (non-hydrogen) atoms. The summed E-state index contributed by atoms with van der Waals surface area (Å²) in [6.45, 7) is 0.486. The largest absolute Gasteiger partial charge is 0.496 e. The van der Waals surface area contributed by atoms with Gasteiger partial charge in [0.25, 0.3) is 0 Å². The van der Waals surface area contributed by atoms with Crippen LogP contribution in [-0.4, -0.2) is 30.6 Å². The van der Waals surface area contributed by atoms with Gasteiger partial charge in [0.15, 0.2) is 0 Å². The fraction of sp³-hybridized carbons (Fsp3) is 0.300. The van der Waals surface area contributed by atoms with Crippen LogP contribution in [0.1, 0.15) is 39.4 Å². The SMILES string of the molecule is COc1cc(C(=O)O)ccc1CCNC(=O)C1CCc2ccccc21. The van der Waals surface area contributed by atoms with Crippen molar-refractivity contribution in [2.45, 2.75) is 25.2 Å². The van der Waals surface area contributed by atoms with Crippen molar-refractivity contribution in [1.29, 1.82) is 0 Å². The van der Waals surface area contributed by atoms with Gasteiger partial charge < -0.3 is 15.2 Å². The number of rotatable bonds is 6. The lowest BCUT2D eigenvalue weighted by Crippen LogP contribution is -2.30. The quantitative estimate of drug-likeness (QED) is 0.848. The number of carboxylic acid groups (broad SMARTS) is 1. The van der Waals surface area contributed by atoms with Crippen LogP contribution in [0.4, 0.5) is 0 Å². The van der Waals surface area contributed by atoms with Crippen molar-refractivity contribution in [2.24, 2.45) is 0 Å². The Hall–Kier alpha value is -2.82. The Balaban J connectivity index is 1.60. The third kappa shape index (κ3) is 3.65. The number of nitrogens with one attached hydrogen (secondary N) is 1. The standard InChI is InChI=1S/C20H21NO4/c1-25-18-12-15(20(23)24)7-6-14(18)10-11-21-19(22)17-9-8-13-4-2-3-5-16(13)17/h2-7,12,17H,8-11H2,1H3,(H,21,22)(H,23,24). The molecule has 5 nitrogen and oxygen atoms in total. The predicted octanol–water partition coefficient (Wildman–Crippen LogP) is 2.78. The van der Waals surface area contributed by atoms with Crippen molar-refractivity contribution in [3.8, 4) is 5.75 Å². The highest BCUT2D eigenvalue weighted by molar-refractivity contribution is 5.88. The summed E-state index contributed by atoms with van der Waals surface area (Å²) in [6.07, 6.45) is 2.38. The second-order valence-electron chi connectivity index (χ2n) is 6.16. The van der Waals surface area contributed by atoms with Gasteiger partial charge in [-0.25, -0.2) is 4.79 Å².